The quantitative estimate of drug-likeness (QED) is 0.628. The number of hydrogen-bond donors (Lipinski definition) is 1. The Hall–Kier alpha value is -0.300. The van der Waals surface area contributed by atoms with Crippen molar-refractivity contribution in [3.05, 3.63) is 11.6 Å². The molecular weight excluding hydrogens is 148 g/mol. The first-order valence-electron chi connectivity index (χ1n) is 5.15. The van der Waals surface area contributed by atoms with Crippen molar-refractivity contribution in [1.29, 1.82) is 0 Å². The monoisotopic (exact) mass is 168 g/mol. The van der Waals surface area contributed by atoms with Crippen LogP contribution in [0, 0.1) is 0 Å². The molecule has 12 heavy (non-hydrogen) atoms. The van der Waals surface area contributed by atoms with Gasteiger partial charge in [0, 0.05) is 0 Å². The maximum absolute atomic E-state index is 9.23. The van der Waals surface area contributed by atoms with Crippen LogP contribution in [-0.2, 0) is 0 Å². The first-order chi connectivity index (χ1) is 5.79. The SMILES string of the molecule is CC(O)C/C1=C/CCCCCC1. The first-order valence-corrected chi connectivity index (χ1v) is 5.15. The number of aliphatic hydroxyl groups excluding tert-OH is 1. The second-order valence-corrected chi connectivity index (χ2v) is 3.87. The lowest BCUT2D eigenvalue weighted by atomic mass is 9.96. The lowest BCUT2D eigenvalue weighted by molar-refractivity contribution is 0.193. The molecule has 70 valence electrons. The summed E-state index contributed by atoms with van der Waals surface area (Å²) in [7, 11) is 0. The molecule has 1 atom stereocenters. The molecule has 0 radical (unpaired) electrons. The van der Waals surface area contributed by atoms with Crippen molar-refractivity contribution in [2.45, 2.75) is 58.0 Å². The maximum Gasteiger partial charge on any atom is 0.0549 e. The Balaban J connectivity index is 2.36. The van der Waals surface area contributed by atoms with E-state index in [2.05, 4.69) is 6.08 Å². The van der Waals surface area contributed by atoms with Crippen LogP contribution in [0.1, 0.15) is 51.9 Å². The van der Waals surface area contributed by atoms with E-state index in [-0.39, 0.29) is 6.10 Å². The molecule has 0 aliphatic heterocycles. The summed E-state index contributed by atoms with van der Waals surface area (Å²) < 4.78 is 0. The summed E-state index contributed by atoms with van der Waals surface area (Å²) in [6.45, 7) is 1.87. The van der Waals surface area contributed by atoms with E-state index in [0.717, 1.165) is 6.42 Å². The molecule has 1 nitrogen and oxygen atoms in total. The zero-order valence-electron chi connectivity index (χ0n) is 8.05. The van der Waals surface area contributed by atoms with E-state index in [1.165, 1.54) is 44.1 Å². The van der Waals surface area contributed by atoms with Crippen LogP contribution in [0.2, 0.25) is 0 Å². The van der Waals surface area contributed by atoms with Crippen LogP contribution in [0.4, 0.5) is 0 Å². The fraction of sp³-hybridized carbons (Fsp3) is 0.818. The molecule has 1 heteroatoms. The first kappa shape index (κ1) is 9.79. The maximum atomic E-state index is 9.23. The van der Waals surface area contributed by atoms with Crippen LogP contribution in [-0.4, -0.2) is 11.2 Å². The third-order valence-corrected chi connectivity index (χ3v) is 2.44. The second kappa shape index (κ2) is 5.36. The van der Waals surface area contributed by atoms with Gasteiger partial charge in [-0.25, -0.2) is 0 Å². The van der Waals surface area contributed by atoms with E-state index in [9.17, 15) is 5.11 Å². The molecule has 1 N–H and O–H groups in total. The van der Waals surface area contributed by atoms with Crippen LogP contribution in [0.5, 0.6) is 0 Å². The number of rotatable bonds is 2. The van der Waals surface area contributed by atoms with Gasteiger partial charge in [-0.15, -0.1) is 0 Å². The van der Waals surface area contributed by atoms with E-state index in [1.807, 2.05) is 6.92 Å². The highest BCUT2D eigenvalue weighted by Crippen LogP contribution is 2.20. The molecule has 0 heterocycles. The topological polar surface area (TPSA) is 20.2 Å². The van der Waals surface area contributed by atoms with Crippen molar-refractivity contribution in [1.82, 2.24) is 0 Å². The van der Waals surface area contributed by atoms with Gasteiger partial charge in [-0.05, 0) is 39.0 Å². The Bertz CT molecular complexity index is 147. The third-order valence-electron chi connectivity index (χ3n) is 2.44. The van der Waals surface area contributed by atoms with Gasteiger partial charge in [-0.2, -0.15) is 0 Å². The smallest absolute Gasteiger partial charge is 0.0549 e. The Kier molecular flexibility index (Phi) is 4.37. The van der Waals surface area contributed by atoms with Crippen LogP contribution in [0.3, 0.4) is 0 Å². The number of allylic oxidation sites excluding steroid dienone is 1. The van der Waals surface area contributed by atoms with Crippen molar-refractivity contribution < 1.29 is 5.11 Å². The molecule has 0 amide bonds. The van der Waals surface area contributed by atoms with Gasteiger partial charge in [0.15, 0.2) is 0 Å². The zero-order chi connectivity index (χ0) is 8.81. The summed E-state index contributed by atoms with van der Waals surface area (Å²) >= 11 is 0. The minimum absolute atomic E-state index is 0.157. The molecule has 1 unspecified atom stereocenters. The van der Waals surface area contributed by atoms with Gasteiger partial charge in [0.2, 0.25) is 0 Å². The van der Waals surface area contributed by atoms with Crippen molar-refractivity contribution in [2.75, 3.05) is 0 Å². The van der Waals surface area contributed by atoms with Crippen LogP contribution < -0.4 is 0 Å². The van der Waals surface area contributed by atoms with Gasteiger partial charge in [0.1, 0.15) is 0 Å². The summed E-state index contributed by atoms with van der Waals surface area (Å²) in [6.07, 6.45) is 10.9. The molecule has 0 spiro atoms. The largest absolute Gasteiger partial charge is 0.393 e. The molecule has 0 aromatic rings. The molecule has 0 aromatic heterocycles. The van der Waals surface area contributed by atoms with Crippen molar-refractivity contribution in [3.8, 4) is 0 Å². The van der Waals surface area contributed by atoms with Crippen LogP contribution in [0.25, 0.3) is 0 Å². The molecule has 1 aliphatic rings. The Morgan fingerprint density at radius 3 is 2.83 bits per heavy atom. The highest BCUT2D eigenvalue weighted by molar-refractivity contribution is 5.03. The zero-order valence-corrected chi connectivity index (χ0v) is 8.05. The van der Waals surface area contributed by atoms with Gasteiger partial charge in [0.05, 0.1) is 6.10 Å². The average Bonchev–Trinajstić information content (AvgIpc) is 1.93. The number of hydrogen-bond acceptors (Lipinski definition) is 1. The second-order valence-electron chi connectivity index (χ2n) is 3.87. The normalized spacial score (nSPS) is 26.7. The van der Waals surface area contributed by atoms with Gasteiger partial charge in [-0.3, -0.25) is 0 Å². The Morgan fingerprint density at radius 1 is 1.33 bits per heavy atom. The summed E-state index contributed by atoms with van der Waals surface area (Å²) in [5.41, 5.74) is 1.48. The number of aliphatic hydroxyl groups is 1. The molecule has 1 rings (SSSR count). The minimum Gasteiger partial charge on any atom is -0.393 e. The van der Waals surface area contributed by atoms with E-state index in [0.29, 0.717) is 0 Å². The van der Waals surface area contributed by atoms with Gasteiger partial charge < -0.3 is 5.11 Å². The molecule has 0 bridgehead atoms. The Morgan fingerprint density at radius 2 is 2.08 bits per heavy atom. The Labute approximate surface area is 75.5 Å². The predicted octanol–water partition coefficient (Wildman–Crippen LogP) is 3.04. The van der Waals surface area contributed by atoms with E-state index < -0.39 is 0 Å². The van der Waals surface area contributed by atoms with E-state index in [1.54, 1.807) is 0 Å². The lowest BCUT2D eigenvalue weighted by Crippen LogP contribution is -2.02. The van der Waals surface area contributed by atoms with Crippen molar-refractivity contribution >= 4 is 0 Å². The summed E-state index contributed by atoms with van der Waals surface area (Å²) in [6, 6.07) is 0. The third kappa shape index (κ3) is 3.91. The van der Waals surface area contributed by atoms with Crippen LogP contribution in [0.15, 0.2) is 11.6 Å². The van der Waals surface area contributed by atoms with E-state index in [4.69, 9.17) is 0 Å². The highest BCUT2D eigenvalue weighted by Gasteiger charge is 2.04. The molecule has 0 saturated carbocycles. The molecule has 0 saturated heterocycles. The van der Waals surface area contributed by atoms with Gasteiger partial charge in [0.25, 0.3) is 0 Å². The molecular formula is C11H20O. The molecule has 0 aromatic carbocycles. The molecule has 1 aliphatic carbocycles. The standard InChI is InChI=1S/C11H20O/c1-10(12)9-11-7-5-3-2-4-6-8-11/h7,10,12H,2-6,8-9H2,1H3/b11-7+. The van der Waals surface area contributed by atoms with Gasteiger partial charge in [-0.1, -0.05) is 24.5 Å². The van der Waals surface area contributed by atoms with Crippen molar-refractivity contribution in [2.24, 2.45) is 0 Å². The van der Waals surface area contributed by atoms with Crippen LogP contribution >= 0.6 is 0 Å². The summed E-state index contributed by atoms with van der Waals surface area (Å²) in [4.78, 5) is 0. The average molecular weight is 168 g/mol. The summed E-state index contributed by atoms with van der Waals surface area (Å²) in [5.74, 6) is 0. The van der Waals surface area contributed by atoms with E-state index >= 15 is 0 Å². The highest BCUT2D eigenvalue weighted by atomic mass is 16.3. The fourth-order valence-electron chi connectivity index (χ4n) is 1.82. The summed E-state index contributed by atoms with van der Waals surface area (Å²) in [5, 5.41) is 9.23. The fourth-order valence-corrected chi connectivity index (χ4v) is 1.82. The minimum atomic E-state index is -0.157. The lowest BCUT2D eigenvalue weighted by Gasteiger charge is -2.12. The molecule has 0 fully saturated rings. The van der Waals surface area contributed by atoms with Gasteiger partial charge >= 0.3 is 0 Å². The van der Waals surface area contributed by atoms with Crippen molar-refractivity contribution in [3.63, 3.8) is 0 Å². The predicted molar refractivity (Wildman–Crippen MR) is 52.1 cm³/mol.